The lowest BCUT2D eigenvalue weighted by Gasteiger charge is -2.20. The fourth-order valence-corrected chi connectivity index (χ4v) is 3.76. The molecule has 0 aliphatic rings. The minimum Gasteiger partial charge on any atom is -0.491 e. The average molecular weight is 518 g/mol. The molecule has 9 nitrogen and oxygen atoms in total. The van der Waals surface area contributed by atoms with Crippen molar-refractivity contribution in [3.8, 4) is 23.8 Å². The Hall–Kier alpha value is -4.39. The largest absolute Gasteiger partial charge is 0.491 e. The Morgan fingerprint density at radius 3 is 2.73 bits per heavy atom. The van der Waals surface area contributed by atoms with Crippen LogP contribution in [-0.2, 0) is 11.4 Å². The fraction of sp³-hybridized carbons (Fsp3) is 0.185. The normalized spacial score (nSPS) is 10.5. The van der Waals surface area contributed by atoms with Crippen molar-refractivity contribution in [2.24, 2.45) is 0 Å². The van der Waals surface area contributed by atoms with Crippen molar-refractivity contribution in [2.75, 3.05) is 31.6 Å². The number of nitrogens with one attached hydrogen (secondary N) is 1. The number of pyridine rings is 1. The first-order valence-electron chi connectivity index (χ1n) is 11.4. The topological polar surface area (TPSA) is 110 Å². The zero-order chi connectivity index (χ0) is 26.0. The van der Waals surface area contributed by atoms with Gasteiger partial charge in [0.15, 0.2) is 0 Å². The van der Waals surface area contributed by atoms with Gasteiger partial charge in [0.25, 0.3) is 0 Å². The predicted octanol–water partition coefficient (Wildman–Crippen LogP) is 3.83. The van der Waals surface area contributed by atoms with Crippen LogP contribution in [0.15, 0.2) is 67.1 Å². The molecule has 0 saturated heterocycles. The molecular weight excluding hydrogens is 494 g/mol. The molecule has 0 aliphatic heterocycles. The maximum Gasteiger partial charge on any atom is 0.249 e. The molecule has 188 valence electrons. The van der Waals surface area contributed by atoms with E-state index >= 15 is 0 Å². The molecule has 4 rings (SSSR count). The number of ether oxygens (including phenoxy) is 2. The summed E-state index contributed by atoms with van der Waals surface area (Å²) < 4.78 is 11.8. The lowest BCUT2D eigenvalue weighted by molar-refractivity contribution is -0.133. The van der Waals surface area contributed by atoms with Gasteiger partial charge in [0.2, 0.25) is 5.91 Å². The number of anilines is 2. The first kappa shape index (κ1) is 25.7. The van der Waals surface area contributed by atoms with Crippen LogP contribution >= 0.6 is 11.6 Å². The first-order chi connectivity index (χ1) is 18.1. The van der Waals surface area contributed by atoms with E-state index in [1.165, 1.54) is 11.2 Å². The number of carbonyl (C=O) groups excluding carboxylic acids is 1. The number of nitrogens with zero attached hydrogens (tertiary/aromatic N) is 4. The molecule has 0 atom stereocenters. The van der Waals surface area contributed by atoms with Crippen LogP contribution in [0.2, 0.25) is 5.02 Å². The number of terminal acetylenes is 1. The average Bonchev–Trinajstić information content (AvgIpc) is 2.92. The lowest BCUT2D eigenvalue weighted by atomic mass is 10.2. The van der Waals surface area contributed by atoms with Crippen LogP contribution in [0, 0.1) is 12.3 Å². The molecule has 0 fully saturated rings. The number of carbonyl (C=O) groups is 1. The van der Waals surface area contributed by atoms with Crippen molar-refractivity contribution in [2.45, 2.75) is 6.61 Å². The number of amides is 1. The van der Waals surface area contributed by atoms with Crippen LogP contribution in [0.25, 0.3) is 10.9 Å². The Labute approximate surface area is 219 Å². The SMILES string of the molecule is C#CCN(CCOc1cccc2ncnc(Nc3ccc(OCc4ccccn4)c(Cl)c3)c12)C(=O)CO. The van der Waals surface area contributed by atoms with E-state index in [4.69, 9.17) is 32.6 Å². The highest BCUT2D eigenvalue weighted by atomic mass is 35.5. The zero-order valence-corrected chi connectivity index (χ0v) is 20.6. The molecule has 0 unspecified atom stereocenters. The monoisotopic (exact) mass is 517 g/mol. The first-order valence-corrected chi connectivity index (χ1v) is 11.7. The highest BCUT2D eigenvalue weighted by Gasteiger charge is 2.14. The van der Waals surface area contributed by atoms with E-state index in [1.807, 2.05) is 36.4 Å². The van der Waals surface area contributed by atoms with Crippen LogP contribution in [0.5, 0.6) is 11.5 Å². The van der Waals surface area contributed by atoms with Crippen molar-refractivity contribution in [1.29, 1.82) is 0 Å². The van der Waals surface area contributed by atoms with E-state index in [2.05, 4.69) is 26.2 Å². The van der Waals surface area contributed by atoms with Gasteiger partial charge in [0.1, 0.15) is 43.5 Å². The number of aromatic nitrogens is 3. The van der Waals surface area contributed by atoms with Crippen LogP contribution in [0.1, 0.15) is 5.69 Å². The van der Waals surface area contributed by atoms with Gasteiger partial charge in [0, 0.05) is 11.9 Å². The van der Waals surface area contributed by atoms with Crippen molar-refractivity contribution < 1.29 is 19.4 Å². The molecule has 1 amide bonds. The lowest BCUT2D eigenvalue weighted by Crippen LogP contribution is -2.36. The van der Waals surface area contributed by atoms with E-state index in [0.29, 0.717) is 45.5 Å². The number of hydrogen-bond donors (Lipinski definition) is 2. The van der Waals surface area contributed by atoms with Gasteiger partial charge in [-0.05, 0) is 42.5 Å². The van der Waals surface area contributed by atoms with Crippen LogP contribution in [0.3, 0.4) is 0 Å². The zero-order valence-electron chi connectivity index (χ0n) is 19.8. The summed E-state index contributed by atoms with van der Waals surface area (Å²) in [4.78, 5) is 26.2. The number of rotatable bonds is 11. The van der Waals surface area contributed by atoms with E-state index in [0.717, 1.165) is 5.69 Å². The summed E-state index contributed by atoms with van der Waals surface area (Å²) in [5.41, 5.74) is 2.16. The maximum atomic E-state index is 11.9. The number of benzene rings is 2. The van der Waals surface area contributed by atoms with Gasteiger partial charge < -0.3 is 24.8 Å². The third kappa shape index (κ3) is 6.64. The van der Waals surface area contributed by atoms with E-state index in [9.17, 15) is 4.79 Å². The van der Waals surface area contributed by atoms with Gasteiger partial charge in [-0.3, -0.25) is 9.78 Å². The highest BCUT2D eigenvalue weighted by Crippen LogP contribution is 2.34. The summed E-state index contributed by atoms with van der Waals surface area (Å²) in [5.74, 6) is 3.52. The second-order valence-corrected chi connectivity index (χ2v) is 8.19. The summed E-state index contributed by atoms with van der Waals surface area (Å²) in [6.07, 6.45) is 8.49. The van der Waals surface area contributed by atoms with Crippen LogP contribution in [0.4, 0.5) is 11.5 Å². The number of aliphatic hydroxyl groups excluding tert-OH is 1. The Morgan fingerprint density at radius 2 is 1.97 bits per heavy atom. The van der Waals surface area contributed by atoms with Gasteiger partial charge in [-0.25, -0.2) is 9.97 Å². The molecule has 0 saturated carbocycles. The Bertz CT molecular complexity index is 1410. The van der Waals surface area contributed by atoms with Crippen molar-refractivity contribution in [3.05, 3.63) is 77.8 Å². The van der Waals surface area contributed by atoms with Crippen LogP contribution < -0.4 is 14.8 Å². The Kier molecular flexibility index (Phi) is 8.70. The summed E-state index contributed by atoms with van der Waals surface area (Å²) in [6, 6.07) is 16.4. The van der Waals surface area contributed by atoms with Crippen LogP contribution in [-0.4, -0.2) is 57.2 Å². The molecule has 37 heavy (non-hydrogen) atoms. The number of hydrogen-bond acceptors (Lipinski definition) is 8. The molecule has 4 aromatic rings. The van der Waals surface area contributed by atoms with Gasteiger partial charge in [0.05, 0.1) is 34.7 Å². The molecule has 0 spiro atoms. The summed E-state index contributed by atoms with van der Waals surface area (Å²) in [6.45, 7) is 0.137. The number of halogens is 1. The summed E-state index contributed by atoms with van der Waals surface area (Å²) >= 11 is 6.47. The van der Waals surface area contributed by atoms with Crippen molar-refractivity contribution >= 4 is 39.9 Å². The third-order valence-electron chi connectivity index (χ3n) is 5.31. The molecule has 10 heteroatoms. The molecule has 2 aromatic heterocycles. The highest BCUT2D eigenvalue weighted by molar-refractivity contribution is 6.32. The third-order valence-corrected chi connectivity index (χ3v) is 5.61. The molecule has 2 aromatic carbocycles. The predicted molar refractivity (Wildman–Crippen MR) is 141 cm³/mol. The quantitative estimate of drug-likeness (QED) is 0.289. The van der Waals surface area contributed by atoms with E-state index in [-0.39, 0.29) is 19.7 Å². The Morgan fingerprint density at radius 1 is 1.08 bits per heavy atom. The number of fused-ring (bicyclic) bond motifs is 1. The minimum absolute atomic E-state index is 0.0799. The summed E-state index contributed by atoms with van der Waals surface area (Å²) in [5, 5.41) is 13.5. The molecule has 2 N–H and O–H groups in total. The number of aliphatic hydroxyl groups is 1. The summed E-state index contributed by atoms with van der Waals surface area (Å²) in [7, 11) is 0. The molecule has 0 aliphatic carbocycles. The smallest absolute Gasteiger partial charge is 0.249 e. The minimum atomic E-state index is -0.618. The molecular formula is C27H24ClN5O4. The van der Waals surface area contributed by atoms with Crippen molar-refractivity contribution in [1.82, 2.24) is 19.9 Å². The fourth-order valence-electron chi connectivity index (χ4n) is 3.53. The van der Waals surface area contributed by atoms with Gasteiger partial charge in [-0.1, -0.05) is 29.7 Å². The molecule has 0 radical (unpaired) electrons. The van der Waals surface area contributed by atoms with Gasteiger partial charge >= 0.3 is 0 Å². The second-order valence-electron chi connectivity index (χ2n) is 7.78. The Balaban J connectivity index is 1.49. The van der Waals surface area contributed by atoms with Gasteiger partial charge in [-0.2, -0.15) is 0 Å². The van der Waals surface area contributed by atoms with Gasteiger partial charge in [-0.15, -0.1) is 6.42 Å². The maximum absolute atomic E-state index is 11.9. The second kappa shape index (κ2) is 12.5. The molecule has 2 heterocycles. The van der Waals surface area contributed by atoms with E-state index in [1.54, 1.807) is 24.4 Å². The van der Waals surface area contributed by atoms with E-state index < -0.39 is 12.5 Å². The van der Waals surface area contributed by atoms with Crippen molar-refractivity contribution in [3.63, 3.8) is 0 Å². The molecule has 0 bridgehead atoms. The standard InChI is InChI=1S/C27H24ClN5O4/c1-2-12-33(25(35)16-34)13-14-36-24-8-5-7-22-26(24)27(31-18-30-22)32-19-9-10-23(21(28)15-19)37-17-20-6-3-4-11-29-20/h1,3-11,15,18,34H,12-14,16-17H2,(H,30,31,32).